The Morgan fingerprint density at radius 2 is 1.46 bits per heavy atom. The molecule has 4 rings (SSSR count). The maximum absolute atomic E-state index is 11.8. The zero-order valence-corrected chi connectivity index (χ0v) is 19.4. The van der Waals surface area contributed by atoms with Gasteiger partial charge in [-0.1, -0.05) is 0 Å². The molecule has 14 nitrogen and oxygen atoms in total. The standard InChI is InChI=1S/C11H18N2O5.C10H16N2O5/c1-6-4-13(11(16)12-10(6)15)9-3-7(14)8(18-9)5-17-2;1-5-3-12(10(16)11-9(5)15)8-2-6(14)7(4-13)17-8/h4,7-10,14-15H,3,5H2,1-2H3,(H,12,16);3,6-9,13-15H,2,4H2,1H3,(H,11,16)/i2TD;. The highest BCUT2D eigenvalue weighted by atomic mass is 16.6. The van der Waals surface area contributed by atoms with Crippen LogP contribution < -0.4 is 10.6 Å². The van der Waals surface area contributed by atoms with Gasteiger partial charge in [0.1, 0.15) is 24.7 Å². The van der Waals surface area contributed by atoms with Crippen LogP contribution in [0, 0.1) is 0 Å². The van der Waals surface area contributed by atoms with Crippen LogP contribution in [0.3, 0.4) is 0 Å². The largest absolute Gasteiger partial charge is 0.394 e. The summed E-state index contributed by atoms with van der Waals surface area (Å²) < 4.78 is 29.5. The molecule has 0 radical (unpaired) electrons. The van der Waals surface area contributed by atoms with E-state index in [0.717, 1.165) is 0 Å². The number of nitrogens with zero attached hydrogens (tertiary/aromatic N) is 2. The Kier molecular flexibility index (Phi) is 8.10. The molecule has 198 valence electrons. The first-order valence-corrected chi connectivity index (χ1v) is 11.1. The summed E-state index contributed by atoms with van der Waals surface area (Å²) in [6, 6.07) is -1.00. The SMILES string of the molecule is CC1=CN(C2CC(O)C(CO)O2)C(=O)NC1O.[2H]C([3H])OCC1OC(N2C=C(C)C(O)NC2=O)CC1O. The Bertz CT molecular complexity index is 893. The molecule has 0 aromatic heterocycles. The van der Waals surface area contributed by atoms with E-state index in [1.165, 1.54) is 22.2 Å². The van der Waals surface area contributed by atoms with Gasteiger partial charge >= 0.3 is 12.1 Å². The molecule has 9 atom stereocenters. The van der Waals surface area contributed by atoms with E-state index in [1.54, 1.807) is 13.8 Å². The van der Waals surface area contributed by atoms with Crippen molar-refractivity contribution in [2.24, 2.45) is 0 Å². The number of aliphatic hydroxyl groups is 5. The van der Waals surface area contributed by atoms with E-state index in [0.29, 0.717) is 11.1 Å². The number of nitrogens with one attached hydrogen (secondary N) is 2. The lowest BCUT2D eigenvalue weighted by molar-refractivity contribution is -0.0633. The summed E-state index contributed by atoms with van der Waals surface area (Å²) in [5.41, 5.74) is 1.13. The van der Waals surface area contributed by atoms with Crippen LogP contribution >= 0.6 is 0 Å². The molecule has 2 saturated heterocycles. The molecule has 0 spiro atoms. The topological polar surface area (TPSA) is 194 Å². The van der Waals surface area contributed by atoms with Gasteiger partial charge in [0.25, 0.3) is 0 Å². The number of carbonyl (C=O) groups excluding carboxylic acids is 2. The lowest BCUT2D eigenvalue weighted by Gasteiger charge is -2.31. The smallest absolute Gasteiger partial charge is 0.325 e. The van der Waals surface area contributed by atoms with Crippen LogP contribution in [-0.4, -0.2) is 117 Å². The summed E-state index contributed by atoms with van der Waals surface area (Å²) in [5.74, 6) is 0. The van der Waals surface area contributed by atoms with E-state index in [4.69, 9.17) is 22.1 Å². The molecule has 4 aliphatic rings. The summed E-state index contributed by atoms with van der Waals surface area (Å²) in [7, 11) is -1.44. The molecule has 0 aromatic carbocycles. The summed E-state index contributed by atoms with van der Waals surface area (Å²) in [6.07, 6.45) is -2.90. The van der Waals surface area contributed by atoms with Crippen molar-refractivity contribution in [3.63, 3.8) is 0 Å². The molecule has 0 aliphatic carbocycles. The fourth-order valence-corrected chi connectivity index (χ4v) is 3.92. The highest BCUT2D eigenvalue weighted by molar-refractivity contribution is 5.78. The van der Waals surface area contributed by atoms with Crippen LogP contribution in [-0.2, 0) is 14.2 Å². The molecular formula is C21H34N4O10. The summed E-state index contributed by atoms with van der Waals surface area (Å²) in [5, 5.41) is 52.0. The van der Waals surface area contributed by atoms with Crippen molar-refractivity contribution in [3.8, 4) is 0 Å². The number of amides is 4. The van der Waals surface area contributed by atoms with E-state index < -0.39 is 68.5 Å². The quantitative estimate of drug-likeness (QED) is 0.221. The van der Waals surface area contributed by atoms with Gasteiger partial charge < -0.3 is 50.4 Å². The minimum Gasteiger partial charge on any atom is -0.394 e. The highest BCUT2D eigenvalue weighted by Crippen LogP contribution is 2.27. The molecule has 0 aromatic rings. The first-order chi connectivity index (χ1) is 17.4. The minimum atomic E-state index is -1.44. The Morgan fingerprint density at radius 1 is 1.00 bits per heavy atom. The van der Waals surface area contributed by atoms with Crippen molar-refractivity contribution >= 4 is 12.1 Å². The monoisotopic (exact) mass is 505 g/mol. The number of aliphatic hydroxyl groups excluding tert-OH is 5. The predicted octanol–water partition coefficient (Wildman–Crippen LogP) is -1.94. The fraction of sp³-hybridized carbons (Fsp3) is 0.714. The van der Waals surface area contributed by atoms with Gasteiger partial charge in [-0.2, -0.15) is 0 Å². The summed E-state index contributed by atoms with van der Waals surface area (Å²) >= 11 is 0. The summed E-state index contributed by atoms with van der Waals surface area (Å²) in [6.45, 7) is 2.95. The van der Waals surface area contributed by atoms with Gasteiger partial charge in [0, 0.05) is 32.3 Å². The second kappa shape index (κ2) is 11.6. The third-order valence-corrected chi connectivity index (χ3v) is 6.01. The maximum atomic E-state index is 11.8. The molecule has 14 heteroatoms. The molecule has 4 heterocycles. The van der Waals surface area contributed by atoms with Crippen molar-refractivity contribution in [2.75, 3.05) is 20.3 Å². The Hall–Kier alpha value is -2.30. The van der Waals surface area contributed by atoms with Crippen molar-refractivity contribution < 1.29 is 52.1 Å². The predicted molar refractivity (Wildman–Crippen MR) is 118 cm³/mol. The molecule has 4 amide bonds. The molecule has 0 bridgehead atoms. The number of ether oxygens (including phenoxy) is 3. The van der Waals surface area contributed by atoms with Gasteiger partial charge in [-0.05, 0) is 25.0 Å². The lowest BCUT2D eigenvalue weighted by atomic mass is 10.1. The molecule has 0 saturated carbocycles. The molecule has 9 unspecified atom stereocenters. The number of urea groups is 2. The van der Waals surface area contributed by atoms with E-state index in [2.05, 4.69) is 10.6 Å². The molecule has 4 aliphatic heterocycles. The van der Waals surface area contributed by atoms with E-state index in [1.807, 2.05) is 0 Å². The molecule has 35 heavy (non-hydrogen) atoms. The van der Waals surface area contributed by atoms with Gasteiger partial charge in [-0.3, -0.25) is 9.80 Å². The van der Waals surface area contributed by atoms with Crippen molar-refractivity contribution in [1.29, 1.82) is 0 Å². The van der Waals surface area contributed by atoms with Crippen molar-refractivity contribution in [3.05, 3.63) is 23.5 Å². The van der Waals surface area contributed by atoms with E-state index in [9.17, 15) is 30.0 Å². The van der Waals surface area contributed by atoms with Gasteiger partial charge in [-0.25, -0.2) is 9.59 Å². The third kappa shape index (κ3) is 6.29. The average Bonchev–Trinajstić information content (AvgIpc) is 3.39. The molecule has 7 N–H and O–H groups in total. The zero-order valence-electron chi connectivity index (χ0n) is 21.4. The first-order valence-electron chi connectivity index (χ1n) is 12.2. The van der Waals surface area contributed by atoms with Gasteiger partial charge in [0.05, 0.1) is 28.2 Å². The second-order valence-electron chi connectivity index (χ2n) is 8.65. The number of hydrogen-bond donors (Lipinski definition) is 7. The van der Waals surface area contributed by atoms with Gasteiger partial charge in [-0.15, -0.1) is 0 Å². The van der Waals surface area contributed by atoms with Crippen molar-refractivity contribution in [2.45, 2.75) is 76.0 Å². The number of carbonyl (C=O) groups is 2. The van der Waals surface area contributed by atoms with Crippen molar-refractivity contribution in [1.82, 2.24) is 20.4 Å². The number of methoxy groups -OCH3 is 1. The normalized spacial score (nSPS) is 38.9. The molecular weight excluding hydrogens is 468 g/mol. The fourth-order valence-electron chi connectivity index (χ4n) is 3.92. The van der Waals surface area contributed by atoms with Crippen LogP contribution in [0.2, 0.25) is 0 Å². The third-order valence-electron chi connectivity index (χ3n) is 6.01. The van der Waals surface area contributed by atoms with Crippen LogP contribution in [0.4, 0.5) is 9.59 Å². The Balaban J connectivity index is 0.000000208. The van der Waals surface area contributed by atoms with Crippen LogP contribution in [0.1, 0.15) is 29.4 Å². The van der Waals surface area contributed by atoms with Gasteiger partial charge in [0.15, 0.2) is 12.5 Å². The van der Waals surface area contributed by atoms with Crippen LogP contribution in [0.5, 0.6) is 0 Å². The Morgan fingerprint density at radius 3 is 1.89 bits per heavy atom. The average molecular weight is 506 g/mol. The summed E-state index contributed by atoms with van der Waals surface area (Å²) in [4.78, 5) is 25.9. The second-order valence-corrected chi connectivity index (χ2v) is 8.65. The first kappa shape index (κ1) is 24.4. The highest BCUT2D eigenvalue weighted by Gasteiger charge is 2.41. The van der Waals surface area contributed by atoms with E-state index >= 15 is 0 Å². The zero-order chi connectivity index (χ0) is 27.4. The van der Waals surface area contributed by atoms with Crippen LogP contribution in [0.25, 0.3) is 0 Å². The van der Waals surface area contributed by atoms with Gasteiger partial charge in [0.2, 0.25) is 0 Å². The lowest BCUT2D eigenvalue weighted by Crippen LogP contribution is -2.51. The Labute approximate surface area is 205 Å². The molecule has 2 fully saturated rings. The van der Waals surface area contributed by atoms with E-state index in [-0.39, 0.29) is 26.1 Å². The number of hydrogen-bond acceptors (Lipinski definition) is 10. The van der Waals surface area contributed by atoms with Crippen LogP contribution in [0.15, 0.2) is 23.5 Å². The number of rotatable bonds is 5. The minimum absolute atomic E-state index is 0.0872. The maximum Gasteiger partial charge on any atom is 0.325 e.